The Kier molecular flexibility index (Phi) is 5.16. The fraction of sp³-hybridized carbons (Fsp3) is 0.429. The lowest BCUT2D eigenvalue weighted by Crippen LogP contribution is -2.32. The highest BCUT2D eigenvalue weighted by Crippen LogP contribution is 2.32. The average molecular weight is 349 g/mol. The van der Waals surface area contributed by atoms with Crippen LogP contribution in [0.4, 0.5) is 13.2 Å². The van der Waals surface area contributed by atoms with Gasteiger partial charge in [0.05, 0.1) is 22.7 Å². The predicted octanol–water partition coefficient (Wildman–Crippen LogP) is 2.23. The first kappa shape index (κ1) is 17.6. The molecule has 0 radical (unpaired) electrons. The number of carbonyl (C=O) groups excluding carboxylic acids is 1. The van der Waals surface area contributed by atoms with E-state index in [9.17, 15) is 18.0 Å². The first-order valence-electron chi connectivity index (χ1n) is 6.82. The molecule has 5 nitrogen and oxygen atoms in total. The van der Waals surface area contributed by atoms with Crippen LogP contribution >= 0.6 is 11.6 Å². The fourth-order valence-corrected chi connectivity index (χ4v) is 2.25. The maximum Gasteiger partial charge on any atom is 0.417 e. The van der Waals surface area contributed by atoms with E-state index in [2.05, 4.69) is 10.3 Å². The van der Waals surface area contributed by atoms with Crippen LogP contribution < -0.4 is 5.32 Å². The molecule has 126 valence electrons. The zero-order chi connectivity index (χ0) is 17.2. The largest absolute Gasteiger partial charge is 0.417 e. The Hall–Kier alpha value is -1.80. The molecule has 0 saturated heterocycles. The Morgan fingerprint density at radius 3 is 2.70 bits per heavy atom. The second-order valence-corrected chi connectivity index (χ2v) is 5.77. The maximum absolute atomic E-state index is 12.8. The monoisotopic (exact) mass is 348 g/mol. The van der Waals surface area contributed by atoms with Crippen LogP contribution in [0.2, 0.25) is 5.02 Å². The van der Waals surface area contributed by atoms with Crippen molar-refractivity contribution in [3.05, 3.63) is 34.7 Å². The van der Waals surface area contributed by atoms with Crippen molar-refractivity contribution in [2.45, 2.75) is 12.6 Å². The minimum atomic E-state index is -4.49. The van der Waals surface area contributed by atoms with Crippen LogP contribution in [-0.2, 0) is 17.4 Å². The molecule has 0 saturated carbocycles. The van der Waals surface area contributed by atoms with E-state index in [1.807, 2.05) is 19.0 Å². The van der Waals surface area contributed by atoms with Crippen LogP contribution in [-0.4, -0.2) is 47.4 Å². The molecule has 0 bridgehead atoms. The van der Waals surface area contributed by atoms with E-state index in [4.69, 9.17) is 11.6 Å². The molecule has 0 aliphatic heterocycles. The fourth-order valence-electron chi connectivity index (χ4n) is 1.99. The van der Waals surface area contributed by atoms with E-state index in [0.29, 0.717) is 18.8 Å². The molecule has 2 heterocycles. The molecule has 0 aromatic carbocycles. The first-order valence-corrected chi connectivity index (χ1v) is 7.20. The number of carbonyl (C=O) groups is 1. The van der Waals surface area contributed by atoms with Gasteiger partial charge in [0, 0.05) is 25.5 Å². The molecule has 2 rings (SSSR count). The van der Waals surface area contributed by atoms with Crippen molar-refractivity contribution in [2.24, 2.45) is 0 Å². The molecule has 0 aliphatic rings. The van der Waals surface area contributed by atoms with Crippen molar-refractivity contribution in [3.63, 3.8) is 0 Å². The number of amides is 1. The van der Waals surface area contributed by atoms with Gasteiger partial charge in [-0.05, 0) is 20.2 Å². The van der Waals surface area contributed by atoms with Crippen LogP contribution in [0.25, 0.3) is 5.65 Å². The highest BCUT2D eigenvalue weighted by molar-refractivity contribution is 6.33. The number of imidazole rings is 1. The normalized spacial score (nSPS) is 12.1. The molecule has 0 aliphatic carbocycles. The van der Waals surface area contributed by atoms with Gasteiger partial charge in [0.15, 0.2) is 5.65 Å². The van der Waals surface area contributed by atoms with Crippen LogP contribution in [0, 0.1) is 0 Å². The molecule has 0 fully saturated rings. The molecule has 1 amide bonds. The van der Waals surface area contributed by atoms with Crippen LogP contribution in [0.5, 0.6) is 0 Å². The zero-order valence-corrected chi connectivity index (χ0v) is 13.4. The zero-order valence-electron chi connectivity index (χ0n) is 12.6. The molecule has 0 spiro atoms. The lowest BCUT2D eigenvalue weighted by molar-refractivity contribution is -0.137. The maximum atomic E-state index is 12.8. The summed E-state index contributed by atoms with van der Waals surface area (Å²) in [4.78, 5) is 17.8. The molecule has 23 heavy (non-hydrogen) atoms. The van der Waals surface area contributed by atoms with Gasteiger partial charge in [-0.3, -0.25) is 4.79 Å². The van der Waals surface area contributed by atoms with Crippen LogP contribution in [0.1, 0.15) is 11.3 Å². The number of pyridine rings is 1. The third-order valence-corrected chi connectivity index (χ3v) is 3.38. The summed E-state index contributed by atoms with van der Waals surface area (Å²) in [6.45, 7) is 1.18. The van der Waals surface area contributed by atoms with E-state index in [-0.39, 0.29) is 23.0 Å². The Morgan fingerprint density at radius 2 is 2.09 bits per heavy atom. The minimum absolute atomic E-state index is 0.0210. The van der Waals surface area contributed by atoms with E-state index < -0.39 is 11.7 Å². The summed E-state index contributed by atoms with van der Waals surface area (Å²) in [7, 11) is 3.77. The van der Waals surface area contributed by atoms with E-state index in [1.54, 1.807) is 0 Å². The molecule has 0 atom stereocenters. The number of nitrogens with zero attached hydrogens (tertiary/aromatic N) is 3. The number of aromatic nitrogens is 2. The Bertz CT molecular complexity index is 712. The van der Waals surface area contributed by atoms with Crippen molar-refractivity contribution >= 4 is 23.2 Å². The highest BCUT2D eigenvalue weighted by atomic mass is 35.5. The standard InChI is InChI=1S/C14H16ClF3N4O/c1-21(2)4-3-19-12(23)6-10-8-22-7-9(14(16,17)18)5-11(15)13(22)20-10/h5,7-8H,3-4,6H2,1-2H3,(H,19,23). The Labute approximate surface area is 136 Å². The van der Waals surface area contributed by atoms with Crippen molar-refractivity contribution < 1.29 is 18.0 Å². The summed E-state index contributed by atoms with van der Waals surface area (Å²) in [5.41, 5.74) is -0.321. The van der Waals surface area contributed by atoms with E-state index >= 15 is 0 Å². The Morgan fingerprint density at radius 1 is 1.39 bits per heavy atom. The third kappa shape index (κ3) is 4.59. The van der Waals surface area contributed by atoms with Gasteiger partial charge in [-0.15, -0.1) is 0 Å². The van der Waals surface area contributed by atoms with Crippen molar-refractivity contribution in [3.8, 4) is 0 Å². The number of halogens is 4. The van der Waals surface area contributed by atoms with Gasteiger partial charge in [-0.25, -0.2) is 4.98 Å². The number of likely N-dealkylation sites (N-methyl/N-ethyl adjacent to an activating group) is 1. The van der Waals surface area contributed by atoms with Crippen molar-refractivity contribution in [1.29, 1.82) is 0 Å². The number of rotatable bonds is 5. The van der Waals surface area contributed by atoms with Gasteiger partial charge in [-0.2, -0.15) is 13.2 Å². The van der Waals surface area contributed by atoms with Gasteiger partial charge in [0.2, 0.25) is 5.91 Å². The summed E-state index contributed by atoms with van der Waals surface area (Å²) in [5.74, 6) is -0.248. The summed E-state index contributed by atoms with van der Waals surface area (Å²) < 4.78 is 39.5. The summed E-state index contributed by atoms with van der Waals surface area (Å²) in [6.07, 6.45) is -2.23. The second kappa shape index (κ2) is 6.76. The molecular formula is C14H16ClF3N4O. The molecular weight excluding hydrogens is 333 g/mol. The van der Waals surface area contributed by atoms with E-state index in [1.165, 1.54) is 10.6 Å². The summed E-state index contributed by atoms with van der Waals surface area (Å²) >= 11 is 5.85. The number of nitrogens with one attached hydrogen (secondary N) is 1. The quantitative estimate of drug-likeness (QED) is 0.901. The minimum Gasteiger partial charge on any atom is -0.354 e. The molecule has 2 aromatic rings. The summed E-state index contributed by atoms with van der Waals surface area (Å²) in [5, 5.41) is 2.60. The van der Waals surface area contributed by atoms with Gasteiger partial charge in [0.1, 0.15) is 0 Å². The lowest BCUT2D eigenvalue weighted by atomic mass is 10.3. The van der Waals surface area contributed by atoms with E-state index in [0.717, 1.165) is 12.3 Å². The summed E-state index contributed by atoms with van der Waals surface area (Å²) in [6, 6.07) is 0.824. The van der Waals surface area contributed by atoms with Crippen molar-refractivity contribution in [1.82, 2.24) is 19.6 Å². The average Bonchev–Trinajstić information content (AvgIpc) is 2.80. The highest BCUT2D eigenvalue weighted by Gasteiger charge is 2.31. The number of fused-ring (bicyclic) bond motifs is 1. The first-order chi connectivity index (χ1) is 10.7. The van der Waals surface area contributed by atoms with Crippen LogP contribution in [0.15, 0.2) is 18.5 Å². The smallest absolute Gasteiger partial charge is 0.354 e. The topological polar surface area (TPSA) is 49.6 Å². The Balaban J connectivity index is 2.14. The molecule has 1 N–H and O–H groups in total. The SMILES string of the molecule is CN(C)CCNC(=O)Cc1cn2cc(C(F)(F)F)cc(Cl)c2n1. The van der Waals surface area contributed by atoms with Gasteiger partial charge < -0.3 is 14.6 Å². The molecule has 2 aromatic heterocycles. The van der Waals surface area contributed by atoms with Gasteiger partial charge in [-0.1, -0.05) is 11.6 Å². The predicted molar refractivity (Wildman–Crippen MR) is 80.5 cm³/mol. The number of hydrogen-bond donors (Lipinski definition) is 1. The molecule has 9 heteroatoms. The third-order valence-electron chi connectivity index (χ3n) is 3.11. The van der Waals surface area contributed by atoms with Gasteiger partial charge >= 0.3 is 6.18 Å². The number of hydrogen-bond acceptors (Lipinski definition) is 3. The van der Waals surface area contributed by atoms with Crippen molar-refractivity contribution in [2.75, 3.05) is 27.2 Å². The second-order valence-electron chi connectivity index (χ2n) is 5.37. The van der Waals surface area contributed by atoms with Gasteiger partial charge in [0.25, 0.3) is 0 Å². The molecule has 0 unspecified atom stereocenters. The van der Waals surface area contributed by atoms with Crippen LogP contribution in [0.3, 0.4) is 0 Å². The number of alkyl halides is 3. The lowest BCUT2D eigenvalue weighted by Gasteiger charge is -2.09.